The van der Waals surface area contributed by atoms with Gasteiger partial charge in [0.25, 0.3) is 0 Å². The first-order chi connectivity index (χ1) is 9.97. The van der Waals surface area contributed by atoms with Crippen LogP contribution in [0.5, 0.6) is 0 Å². The average molecular weight is 288 g/mol. The van der Waals surface area contributed by atoms with Crippen molar-refractivity contribution in [1.82, 2.24) is 5.32 Å². The first-order valence-corrected chi connectivity index (χ1v) is 7.07. The molecule has 0 unspecified atom stereocenters. The third-order valence-electron chi connectivity index (χ3n) is 3.69. The fourth-order valence-corrected chi connectivity index (χ4v) is 2.60. The molecule has 0 aliphatic heterocycles. The Balaban J connectivity index is 1.97. The van der Waals surface area contributed by atoms with Gasteiger partial charge in [0.2, 0.25) is 0 Å². The molecule has 1 fully saturated rings. The molecule has 1 aromatic rings. The zero-order valence-corrected chi connectivity index (χ0v) is 12.1. The molecule has 1 saturated carbocycles. The van der Waals surface area contributed by atoms with Crippen molar-refractivity contribution in [1.29, 1.82) is 0 Å². The zero-order chi connectivity index (χ0) is 15.3. The molecule has 0 spiro atoms. The second-order valence-electron chi connectivity index (χ2n) is 5.64. The van der Waals surface area contributed by atoms with E-state index in [1.165, 1.54) is 6.08 Å². The van der Waals surface area contributed by atoms with Crippen LogP contribution in [0, 0.1) is 0 Å². The number of aliphatic carboxylic acids is 1. The van der Waals surface area contributed by atoms with Gasteiger partial charge in [-0.15, -0.1) is 0 Å². The molecule has 3 N–H and O–H groups in total. The van der Waals surface area contributed by atoms with Gasteiger partial charge in [0.15, 0.2) is 0 Å². The third kappa shape index (κ3) is 4.63. The Bertz CT molecular complexity index is 560. The van der Waals surface area contributed by atoms with Gasteiger partial charge >= 0.3 is 12.0 Å². The van der Waals surface area contributed by atoms with Crippen LogP contribution in [0.4, 0.5) is 10.5 Å². The minimum Gasteiger partial charge on any atom is -0.478 e. The summed E-state index contributed by atoms with van der Waals surface area (Å²) in [5.74, 6) is -1.000. The Morgan fingerprint density at radius 3 is 2.67 bits per heavy atom. The van der Waals surface area contributed by atoms with E-state index in [2.05, 4.69) is 17.6 Å². The number of rotatable bonds is 4. The Kier molecular flexibility index (Phi) is 4.62. The normalized spacial score (nSPS) is 16.8. The SMILES string of the molecule is CC1(NC(=O)Nc2cccc(/C=C/C(=O)O)c2)CCCC1. The van der Waals surface area contributed by atoms with Gasteiger partial charge in [-0.2, -0.15) is 0 Å². The summed E-state index contributed by atoms with van der Waals surface area (Å²) >= 11 is 0. The Labute approximate surface area is 124 Å². The molecule has 0 saturated heterocycles. The van der Waals surface area contributed by atoms with Crippen molar-refractivity contribution in [3.63, 3.8) is 0 Å². The van der Waals surface area contributed by atoms with Gasteiger partial charge in [0.1, 0.15) is 0 Å². The number of hydrogen-bond acceptors (Lipinski definition) is 2. The molecule has 0 radical (unpaired) electrons. The van der Waals surface area contributed by atoms with Crippen LogP contribution < -0.4 is 10.6 Å². The summed E-state index contributed by atoms with van der Waals surface area (Å²) in [4.78, 5) is 22.5. The van der Waals surface area contributed by atoms with Crippen molar-refractivity contribution in [2.75, 3.05) is 5.32 Å². The number of amides is 2. The van der Waals surface area contributed by atoms with Gasteiger partial charge in [0.05, 0.1) is 0 Å². The van der Waals surface area contributed by atoms with Crippen LogP contribution in [0.1, 0.15) is 38.2 Å². The number of carbonyl (C=O) groups is 2. The summed E-state index contributed by atoms with van der Waals surface area (Å²) in [6, 6.07) is 6.83. The maximum absolute atomic E-state index is 12.0. The van der Waals surface area contributed by atoms with Gasteiger partial charge in [-0.25, -0.2) is 9.59 Å². The molecule has 2 rings (SSSR count). The number of carboxylic acid groups (broad SMARTS) is 1. The molecule has 1 aromatic carbocycles. The minimum atomic E-state index is -1.000. The summed E-state index contributed by atoms with van der Waals surface area (Å²) in [6.07, 6.45) is 6.85. The largest absolute Gasteiger partial charge is 0.478 e. The van der Waals surface area contributed by atoms with E-state index in [4.69, 9.17) is 5.11 Å². The maximum atomic E-state index is 12.0. The van der Waals surface area contributed by atoms with Crippen molar-refractivity contribution < 1.29 is 14.7 Å². The van der Waals surface area contributed by atoms with Crippen molar-refractivity contribution >= 4 is 23.8 Å². The van der Waals surface area contributed by atoms with Gasteiger partial charge < -0.3 is 15.7 Å². The second-order valence-corrected chi connectivity index (χ2v) is 5.64. The average Bonchev–Trinajstić information content (AvgIpc) is 2.83. The lowest BCUT2D eigenvalue weighted by atomic mass is 10.0. The minimum absolute atomic E-state index is 0.120. The zero-order valence-electron chi connectivity index (χ0n) is 12.1. The first-order valence-electron chi connectivity index (χ1n) is 7.07. The summed E-state index contributed by atoms with van der Waals surface area (Å²) < 4.78 is 0. The van der Waals surface area contributed by atoms with Gasteiger partial charge in [-0.3, -0.25) is 0 Å². The maximum Gasteiger partial charge on any atom is 0.328 e. The highest BCUT2D eigenvalue weighted by atomic mass is 16.4. The predicted octanol–water partition coefficient (Wildman–Crippen LogP) is 3.24. The predicted molar refractivity (Wildman–Crippen MR) is 82.1 cm³/mol. The van der Waals surface area contributed by atoms with E-state index in [0.29, 0.717) is 5.69 Å². The molecule has 5 nitrogen and oxygen atoms in total. The number of carbonyl (C=O) groups excluding carboxylic acids is 1. The highest BCUT2D eigenvalue weighted by molar-refractivity contribution is 5.90. The van der Waals surface area contributed by atoms with E-state index in [0.717, 1.165) is 37.3 Å². The Morgan fingerprint density at radius 1 is 1.29 bits per heavy atom. The topological polar surface area (TPSA) is 78.4 Å². The number of hydrogen-bond donors (Lipinski definition) is 3. The molecule has 5 heteroatoms. The second kappa shape index (κ2) is 6.43. The Hall–Kier alpha value is -2.30. The van der Waals surface area contributed by atoms with Gasteiger partial charge in [-0.05, 0) is 43.5 Å². The van der Waals surface area contributed by atoms with Crippen LogP contribution in [0.3, 0.4) is 0 Å². The van der Waals surface area contributed by atoms with Crippen molar-refractivity contribution in [3.05, 3.63) is 35.9 Å². The number of benzene rings is 1. The molecule has 2 amide bonds. The van der Waals surface area contributed by atoms with E-state index in [-0.39, 0.29) is 11.6 Å². The molecule has 1 aliphatic rings. The lowest BCUT2D eigenvalue weighted by Gasteiger charge is -2.25. The van der Waals surface area contributed by atoms with Crippen LogP contribution >= 0.6 is 0 Å². The van der Waals surface area contributed by atoms with E-state index in [1.54, 1.807) is 24.3 Å². The van der Waals surface area contributed by atoms with Gasteiger partial charge in [-0.1, -0.05) is 25.0 Å². The van der Waals surface area contributed by atoms with Crippen molar-refractivity contribution in [2.45, 2.75) is 38.1 Å². The van der Waals surface area contributed by atoms with Crippen LogP contribution in [-0.4, -0.2) is 22.6 Å². The molecule has 0 bridgehead atoms. The van der Waals surface area contributed by atoms with E-state index in [9.17, 15) is 9.59 Å². The number of nitrogens with one attached hydrogen (secondary N) is 2. The van der Waals surface area contributed by atoms with Crippen LogP contribution in [0.25, 0.3) is 6.08 Å². The summed E-state index contributed by atoms with van der Waals surface area (Å²) in [6.45, 7) is 2.06. The Morgan fingerprint density at radius 2 is 2.00 bits per heavy atom. The molecule has 112 valence electrons. The standard InChI is InChI=1S/C16H20N2O3/c1-16(9-2-3-10-16)18-15(21)17-13-6-4-5-12(11-13)7-8-14(19)20/h4-8,11H,2-3,9-10H2,1H3,(H,19,20)(H2,17,18,21)/b8-7+. The lowest BCUT2D eigenvalue weighted by molar-refractivity contribution is -0.131. The smallest absolute Gasteiger partial charge is 0.328 e. The summed E-state index contributed by atoms with van der Waals surface area (Å²) in [7, 11) is 0. The number of urea groups is 1. The van der Waals surface area contributed by atoms with E-state index >= 15 is 0 Å². The quantitative estimate of drug-likeness (QED) is 0.744. The molecule has 0 heterocycles. The van der Waals surface area contributed by atoms with Crippen LogP contribution in [0.15, 0.2) is 30.3 Å². The van der Waals surface area contributed by atoms with E-state index in [1.807, 2.05) is 0 Å². The van der Waals surface area contributed by atoms with Crippen molar-refractivity contribution in [2.24, 2.45) is 0 Å². The summed E-state index contributed by atoms with van der Waals surface area (Å²) in [5.41, 5.74) is 1.24. The van der Waals surface area contributed by atoms with Crippen molar-refractivity contribution in [3.8, 4) is 0 Å². The van der Waals surface area contributed by atoms with Crippen LogP contribution in [0.2, 0.25) is 0 Å². The number of carboxylic acids is 1. The molecule has 0 atom stereocenters. The van der Waals surface area contributed by atoms with Gasteiger partial charge in [0, 0.05) is 17.3 Å². The molecular weight excluding hydrogens is 268 g/mol. The highest BCUT2D eigenvalue weighted by Crippen LogP contribution is 2.28. The monoisotopic (exact) mass is 288 g/mol. The molecule has 0 aromatic heterocycles. The molecule has 1 aliphatic carbocycles. The highest BCUT2D eigenvalue weighted by Gasteiger charge is 2.29. The molecular formula is C16H20N2O3. The first kappa shape index (κ1) is 15.1. The van der Waals surface area contributed by atoms with Crippen LogP contribution in [-0.2, 0) is 4.79 Å². The summed E-state index contributed by atoms with van der Waals surface area (Å²) in [5, 5.41) is 14.4. The van der Waals surface area contributed by atoms with E-state index < -0.39 is 5.97 Å². The fraction of sp³-hybridized carbons (Fsp3) is 0.375. The third-order valence-corrected chi connectivity index (χ3v) is 3.69. The fourth-order valence-electron chi connectivity index (χ4n) is 2.60. The lowest BCUT2D eigenvalue weighted by Crippen LogP contribution is -2.45. The molecule has 21 heavy (non-hydrogen) atoms. The number of anilines is 1.